The number of carbonyl (C=O) groups excluding carboxylic acids is 1. The third kappa shape index (κ3) is 5.45. The van der Waals surface area contributed by atoms with Crippen LogP contribution in [0, 0.1) is 0 Å². The SMILES string of the molecule is COc1ccc(C2CNC(=O)C2)cc1OCC(O)CN1CCN(c2ccccn2)CC1. The van der Waals surface area contributed by atoms with E-state index in [9.17, 15) is 9.90 Å². The molecule has 31 heavy (non-hydrogen) atoms. The van der Waals surface area contributed by atoms with Gasteiger partial charge in [-0.2, -0.15) is 0 Å². The van der Waals surface area contributed by atoms with E-state index in [2.05, 4.69) is 20.1 Å². The third-order valence-electron chi connectivity index (χ3n) is 5.88. The minimum Gasteiger partial charge on any atom is -0.493 e. The first kappa shape index (κ1) is 21.4. The van der Waals surface area contributed by atoms with Crippen molar-refractivity contribution < 1.29 is 19.4 Å². The van der Waals surface area contributed by atoms with Gasteiger partial charge in [0, 0.05) is 57.8 Å². The van der Waals surface area contributed by atoms with E-state index in [0.29, 0.717) is 31.0 Å². The Hall–Kier alpha value is -2.84. The highest BCUT2D eigenvalue weighted by Gasteiger charge is 2.24. The van der Waals surface area contributed by atoms with Gasteiger partial charge in [0.05, 0.1) is 7.11 Å². The van der Waals surface area contributed by atoms with Gasteiger partial charge in [0.15, 0.2) is 11.5 Å². The number of piperazine rings is 1. The molecule has 1 amide bonds. The molecule has 8 nitrogen and oxygen atoms in total. The Kier molecular flexibility index (Phi) is 6.89. The number of pyridine rings is 1. The maximum absolute atomic E-state index is 11.5. The molecule has 166 valence electrons. The van der Waals surface area contributed by atoms with Crippen molar-refractivity contribution in [2.24, 2.45) is 0 Å². The van der Waals surface area contributed by atoms with Crippen molar-refractivity contribution in [1.29, 1.82) is 0 Å². The van der Waals surface area contributed by atoms with Crippen LogP contribution in [0.3, 0.4) is 0 Å². The molecule has 2 aliphatic heterocycles. The number of aromatic nitrogens is 1. The maximum atomic E-state index is 11.5. The van der Waals surface area contributed by atoms with Crippen molar-refractivity contribution in [3.63, 3.8) is 0 Å². The number of rotatable bonds is 8. The van der Waals surface area contributed by atoms with Gasteiger partial charge in [-0.05, 0) is 29.8 Å². The summed E-state index contributed by atoms with van der Waals surface area (Å²) in [4.78, 5) is 20.4. The lowest BCUT2D eigenvalue weighted by Gasteiger charge is -2.36. The third-order valence-corrected chi connectivity index (χ3v) is 5.88. The van der Waals surface area contributed by atoms with E-state index in [0.717, 1.165) is 37.6 Å². The van der Waals surface area contributed by atoms with Gasteiger partial charge in [0.2, 0.25) is 5.91 Å². The molecular weight excluding hydrogens is 396 g/mol. The molecule has 2 aliphatic rings. The van der Waals surface area contributed by atoms with Crippen LogP contribution < -0.4 is 19.7 Å². The lowest BCUT2D eigenvalue weighted by atomic mass is 9.98. The van der Waals surface area contributed by atoms with Crippen molar-refractivity contribution in [2.75, 3.05) is 57.9 Å². The predicted octanol–water partition coefficient (Wildman–Crippen LogP) is 1.26. The monoisotopic (exact) mass is 426 g/mol. The number of amides is 1. The number of hydrogen-bond acceptors (Lipinski definition) is 7. The molecule has 1 aromatic heterocycles. The van der Waals surface area contributed by atoms with Crippen molar-refractivity contribution >= 4 is 11.7 Å². The summed E-state index contributed by atoms with van der Waals surface area (Å²) < 4.78 is 11.3. The molecule has 0 radical (unpaired) electrons. The molecule has 0 saturated carbocycles. The molecule has 1 aromatic carbocycles. The molecule has 4 rings (SSSR count). The number of aliphatic hydroxyl groups excluding tert-OH is 1. The Morgan fingerprint density at radius 3 is 2.71 bits per heavy atom. The summed E-state index contributed by atoms with van der Waals surface area (Å²) in [5.41, 5.74) is 1.04. The van der Waals surface area contributed by atoms with Gasteiger partial charge in [0.25, 0.3) is 0 Å². The fourth-order valence-corrected chi connectivity index (χ4v) is 4.14. The Labute approximate surface area is 182 Å². The number of β-amino-alcohol motifs (C(OH)–C–C–N with tert-alkyl or cyclic N) is 1. The molecule has 2 fully saturated rings. The number of carbonyl (C=O) groups is 1. The quantitative estimate of drug-likeness (QED) is 0.657. The molecule has 2 atom stereocenters. The van der Waals surface area contributed by atoms with Gasteiger partial charge in [-0.15, -0.1) is 0 Å². The van der Waals surface area contributed by atoms with Crippen LogP contribution in [0.15, 0.2) is 42.6 Å². The molecule has 2 aromatic rings. The highest BCUT2D eigenvalue weighted by molar-refractivity contribution is 5.79. The van der Waals surface area contributed by atoms with Crippen LogP contribution >= 0.6 is 0 Å². The average Bonchev–Trinajstić information content (AvgIpc) is 3.25. The standard InChI is InChI=1S/C23H30N4O4/c1-30-20-6-5-17(18-13-23(29)25-14-18)12-21(20)31-16-19(28)15-26-8-10-27(11-9-26)22-4-2-3-7-24-22/h2-7,12,18-19,28H,8-11,13-16H2,1H3,(H,25,29). The topological polar surface area (TPSA) is 87.2 Å². The molecule has 0 bridgehead atoms. The van der Waals surface area contributed by atoms with Gasteiger partial charge in [-0.25, -0.2) is 4.98 Å². The molecule has 2 N–H and O–H groups in total. The number of ether oxygens (including phenoxy) is 2. The lowest BCUT2D eigenvalue weighted by molar-refractivity contribution is -0.119. The summed E-state index contributed by atoms with van der Waals surface area (Å²) in [6.07, 6.45) is 1.69. The van der Waals surface area contributed by atoms with E-state index in [-0.39, 0.29) is 18.4 Å². The van der Waals surface area contributed by atoms with E-state index in [4.69, 9.17) is 9.47 Å². The summed E-state index contributed by atoms with van der Waals surface area (Å²) in [7, 11) is 1.60. The smallest absolute Gasteiger partial charge is 0.220 e. The Bertz CT molecular complexity index is 871. The zero-order valence-corrected chi connectivity index (χ0v) is 17.9. The van der Waals surface area contributed by atoms with E-state index >= 15 is 0 Å². The highest BCUT2D eigenvalue weighted by atomic mass is 16.5. The molecule has 8 heteroatoms. The molecule has 2 unspecified atom stereocenters. The number of hydrogen-bond donors (Lipinski definition) is 2. The normalized spacial score (nSPS) is 20.4. The average molecular weight is 427 g/mol. The van der Waals surface area contributed by atoms with Crippen LogP contribution in [0.5, 0.6) is 11.5 Å². The Balaban J connectivity index is 1.28. The lowest BCUT2D eigenvalue weighted by Crippen LogP contribution is -2.49. The van der Waals surface area contributed by atoms with Gasteiger partial charge in [0.1, 0.15) is 18.5 Å². The fourth-order valence-electron chi connectivity index (χ4n) is 4.14. The zero-order valence-electron chi connectivity index (χ0n) is 17.9. The second-order valence-corrected chi connectivity index (χ2v) is 8.06. The van der Waals surface area contributed by atoms with Crippen molar-refractivity contribution in [3.05, 3.63) is 48.2 Å². The summed E-state index contributed by atoms with van der Waals surface area (Å²) in [6, 6.07) is 11.7. The summed E-state index contributed by atoms with van der Waals surface area (Å²) in [5.74, 6) is 2.43. The Morgan fingerprint density at radius 1 is 1.19 bits per heavy atom. The first-order chi connectivity index (χ1) is 15.1. The second-order valence-electron chi connectivity index (χ2n) is 8.06. The van der Waals surface area contributed by atoms with E-state index in [1.165, 1.54) is 0 Å². The number of aliphatic hydroxyl groups is 1. The van der Waals surface area contributed by atoms with Crippen LogP contribution in [0.2, 0.25) is 0 Å². The van der Waals surface area contributed by atoms with Gasteiger partial charge >= 0.3 is 0 Å². The minimum atomic E-state index is -0.607. The second kappa shape index (κ2) is 9.98. The van der Waals surface area contributed by atoms with Crippen molar-refractivity contribution in [2.45, 2.75) is 18.4 Å². The minimum absolute atomic E-state index is 0.0712. The van der Waals surface area contributed by atoms with Crippen LogP contribution in [0.1, 0.15) is 17.9 Å². The van der Waals surface area contributed by atoms with Gasteiger partial charge < -0.3 is 24.8 Å². The predicted molar refractivity (Wildman–Crippen MR) is 118 cm³/mol. The van der Waals surface area contributed by atoms with Crippen LogP contribution in [-0.4, -0.2) is 80.0 Å². The van der Waals surface area contributed by atoms with Crippen LogP contribution in [0.25, 0.3) is 0 Å². The molecule has 0 aliphatic carbocycles. The maximum Gasteiger partial charge on any atom is 0.220 e. The van der Waals surface area contributed by atoms with Crippen molar-refractivity contribution in [1.82, 2.24) is 15.2 Å². The molecule has 0 spiro atoms. The van der Waals surface area contributed by atoms with E-state index < -0.39 is 6.10 Å². The summed E-state index contributed by atoms with van der Waals surface area (Å²) >= 11 is 0. The first-order valence-corrected chi connectivity index (χ1v) is 10.8. The van der Waals surface area contributed by atoms with Gasteiger partial charge in [-0.3, -0.25) is 9.69 Å². The number of nitrogens with zero attached hydrogens (tertiary/aromatic N) is 3. The molecular formula is C23H30N4O4. The summed E-state index contributed by atoms with van der Waals surface area (Å²) in [5, 5.41) is 13.4. The van der Waals surface area contributed by atoms with Crippen LogP contribution in [0.4, 0.5) is 5.82 Å². The van der Waals surface area contributed by atoms with Gasteiger partial charge in [-0.1, -0.05) is 12.1 Å². The molecule has 2 saturated heterocycles. The Morgan fingerprint density at radius 2 is 2.03 bits per heavy atom. The van der Waals surface area contributed by atoms with Crippen molar-refractivity contribution in [3.8, 4) is 11.5 Å². The van der Waals surface area contributed by atoms with E-state index in [1.54, 1.807) is 7.11 Å². The number of methoxy groups -OCH3 is 1. The zero-order chi connectivity index (χ0) is 21.6. The largest absolute Gasteiger partial charge is 0.493 e. The fraction of sp³-hybridized carbons (Fsp3) is 0.478. The number of benzene rings is 1. The number of anilines is 1. The van der Waals surface area contributed by atoms with Crippen LogP contribution in [-0.2, 0) is 4.79 Å². The summed E-state index contributed by atoms with van der Waals surface area (Å²) in [6.45, 7) is 4.88. The van der Waals surface area contributed by atoms with E-state index in [1.807, 2.05) is 42.6 Å². The molecule has 3 heterocycles. The number of nitrogens with one attached hydrogen (secondary N) is 1. The highest BCUT2D eigenvalue weighted by Crippen LogP contribution is 2.33. The first-order valence-electron chi connectivity index (χ1n) is 10.8.